The molecule has 1 fully saturated rings. The van der Waals surface area contributed by atoms with Crippen molar-refractivity contribution in [3.63, 3.8) is 0 Å². The Hall–Kier alpha value is -3.05. The Kier molecular flexibility index (Phi) is 6.35. The van der Waals surface area contributed by atoms with E-state index in [1.165, 1.54) is 11.3 Å². The normalized spacial score (nSPS) is 14.0. The van der Waals surface area contributed by atoms with Gasteiger partial charge in [-0.2, -0.15) is 0 Å². The highest BCUT2D eigenvalue weighted by atomic mass is 32.2. The van der Waals surface area contributed by atoms with Crippen molar-refractivity contribution in [1.82, 2.24) is 20.3 Å². The lowest BCUT2D eigenvalue weighted by Gasteiger charge is -2.24. The number of sulfonamides is 1. The number of hydrogen-bond acceptors (Lipinski definition) is 8. The van der Waals surface area contributed by atoms with Crippen molar-refractivity contribution in [3.05, 3.63) is 53.3 Å². The maximum atomic E-state index is 12.9. The summed E-state index contributed by atoms with van der Waals surface area (Å²) in [5.74, 6) is 0.175. The van der Waals surface area contributed by atoms with E-state index in [0.717, 1.165) is 5.56 Å². The molecule has 0 aliphatic heterocycles. The molecule has 1 aliphatic rings. The highest BCUT2D eigenvalue weighted by Gasteiger charge is 2.36. The average Bonchev–Trinajstić information content (AvgIpc) is 3.54. The summed E-state index contributed by atoms with van der Waals surface area (Å²) >= 11 is 1.20. The molecule has 2 N–H and O–H groups in total. The smallest absolute Gasteiger partial charge is 0.252 e. The molecule has 1 amide bonds. The molecule has 1 aliphatic carbocycles. The van der Waals surface area contributed by atoms with Crippen molar-refractivity contribution >= 4 is 32.4 Å². The molecule has 11 heteroatoms. The van der Waals surface area contributed by atoms with E-state index >= 15 is 0 Å². The second-order valence-corrected chi connectivity index (χ2v) is 11.0. The van der Waals surface area contributed by atoms with Crippen LogP contribution in [0.25, 0.3) is 11.3 Å². The van der Waals surface area contributed by atoms with Crippen LogP contribution in [0.15, 0.2) is 42.0 Å². The van der Waals surface area contributed by atoms with Crippen LogP contribution in [0, 0.1) is 0 Å². The van der Waals surface area contributed by atoms with Gasteiger partial charge in [-0.15, -0.1) is 11.3 Å². The van der Waals surface area contributed by atoms with Gasteiger partial charge in [-0.05, 0) is 45.7 Å². The number of nitrogens with one attached hydrogen (secondary N) is 2. The fraction of sp³-hybridized carbons (Fsp3) is 0.364. The fourth-order valence-electron chi connectivity index (χ4n) is 3.11. The second-order valence-electron chi connectivity index (χ2n) is 8.22. The average molecular weight is 488 g/mol. The second kappa shape index (κ2) is 9.06. The van der Waals surface area contributed by atoms with Gasteiger partial charge in [0.05, 0.1) is 41.2 Å². The molecule has 0 radical (unpaired) electrons. The van der Waals surface area contributed by atoms with Crippen LogP contribution in [0.1, 0.15) is 49.7 Å². The van der Waals surface area contributed by atoms with Crippen LogP contribution in [0.5, 0.6) is 5.88 Å². The molecular weight excluding hydrogens is 462 g/mol. The zero-order valence-corrected chi connectivity index (χ0v) is 20.2. The lowest BCUT2D eigenvalue weighted by molar-refractivity contribution is 0.0910. The van der Waals surface area contributed by atoms with Gasteiger partial charge in [0.2, 0.25) is 15.9 Å². The highest BCUT2D eigenvalue weighted by molar-refractivity contribution is 7.93. The lowest BCUT2D eigenvalue weighted by Crippen LogP contribution is -2.41. The third-order valence-corrected chi connectivity index (χ3v) is 7.82. The number of amides is 1. The number of ether oxygens (including phenoxy) is 1. The summed E-state index contributed by atoms with van der Waals surface area (Å²) in [6.45, 7) is 6.02. The topological polar surface area (TPSA) is 123 Å². The Morgan fingerprint density at radius 1 is 1.18 bits per heavy atom. The van der Waals surface area contributed by atoms with Crippen LogP contribution in [-0.2, 0) is 15.6 Å². The van der Waals surface area contributed by atoms with E-state index in [0.29, 0.717) is 47.4 Å². The van der Waals surface area contributed by atoms with Gasteiger partial charge in [-0.25, -0.2) is 18.4 Å². The van der Waals surface area contributed by atoms with Gasteiger partial charge < -0.3 is 10.1 Å². The molecule has 0 bridgehead atoms. The van der Waals surface area contributed by atoms with Crippen LogP contribution >= 0.6 is 11.3 Å². The summed E-state index contributed by atoms with van der Waals surface area (Å²) in [5, 5.41) is 4.69. The predicted octanol–water partition coefficient (Wildman–Crippen LogP) is 3.57. The van der Waals surface area contributed by atoms with Crippen LogP contribution in [0.2, 0.25) is 0 Å². The van der Waals surface area contributed by atoms with Crippen molar-refractivity contribution < 1.29 is 17.9 Å². The SMILES string of the molecule is CCOc1cncc(-c2ccc(C(=O)NC(C)(C)c3csc(NS(=O)(=O)C4CC4)n3)cc2)n1. The van der Waals surface area contributed by atoms with E-state index in [4.69, 9.17) is 4.74 Å². The third kappa shape index (κ3) is 5.48. The van der Waals surface area contributed by atoms with Crippen LogP contribution in [0.3, 0.4) is 0 Å². The van der Waals surface area contributed by atoms with Crippen LogP contribution < -0.4 is 14.8 Å². The van der Waals surface area contributed by atoms with Crippen LogP contribution in [0.4, 0.5) is 5.13 Å². The van der Waals surface area contributed by atoms with Gasteiger partial charge in [-0.3, -0.25) is 14.5 Å². The monoisotopic (exact) mass is 487 g/mol. The summed E-state index contributed by atoms with van der Waals surface area (Å²) in [6, 6.07) is 7.03. The number of thiazole rings is 1. The molecular formula is C22H25N5O4S2. The summed E-state index contributed by atoms with van der Waals surface area (Å²) in [7, 11) is -3.38. The first kappa shape index (κ1) is 23.1. The number of hydrogen-bond donors (Lipinski definition) is 2. The minimum absolute atomic E-state index is 0.270. The zero-order valence-electron chi connectivity index (χ0n) is 18.5. The third-order valence-electron chi connectivity index (χ3n) is 5.11. The minimum atomic E-state index is -3.38. The Morgan fingerprint density at radius 2 is 1.91 bits per heavy atom. The minimum Gasteiger partial charge on any atom is -0.477 e. The fourth-order valence-corrected chi connectivity index (χ4v) is 5.58. The van der Waals surface area contributed by atoms with Crippen molar-refractivity contribution in [2.24, 2.45) is 0 Å². The summed E-state index contributed by atoms with van der Waals surface area (Å²) in [6.07, 6.45) is 4.55. The zero-order chi connectivity index (χ0) is 23.6. The van der Waals surface area contributed by atoms with Crippen molar-refractivity contribution in [3.8, 4) is 17.1 Å². The molecule has 1 saturated carbocycles. The Balaban J connectivity index is 1.43. The first-order valence-electron chi connectivity index (χ1n) is 10.5. The summed E-state index contributed by atoms with van der Waals surface area (Å²) < 4.78 is 32.2. The molecule has 1 aromatic carbocycles. The van der Waals surface area contributed by atoms with E-state index in [2.05, 4.69) is 25.0 Å². The molecule has 0 spiro atoms. The quantitative estimate of drug-likeness (QED) is 0.473. The standard InChI is InChI=1S/C22H25N5O4S2/c1-4-31-19-12-23-11-17(24-19)14-5-7-15(8-6-14)20(28)26-22(2,3)18-13-32-21(25-18)27-33(29,30)16-9-10-16/h5-8,11-13,16H,4,9-10H2,1-3H3,(H,25,27)(H,26,28). The Labute approximate surface area is 196 Å². The van der Waals surface area contributed by atoms with Crippen molar-refractivity contribution in [1.29, 1.82) is 0 Å². The molecule has 0 atom stereocenters. The Morgan fingerprint density at radius 3 is 2.58 bits per heavy atom. The molecule has 0 unspecified atom stereocenters. The van der Waals surface area contributed by atoms with Crippen molar-refractivity contribution in [2.45, 2.75) is 44.4 Å². The number of carbonyl (C=O) groups excluding carboxylic acids is 1. The number of benzene rings is 1. The molecule has 3 aromatic rings. The summed E-state index contributed by atoms with van der Waals surface area (Å²) in [5.41, 5.74) is 1.72. The molecule has 33 heavy (non-hydrogen) atoms. The maximum absolute atomic E-state index is 12.9. The molecule has 2 heterocycles. The number of carbonyl (C=O) groups is 1. The largest absolute Gasteiger partial charge is 0.477 e. The molecule has 2 aromatic heterocycles. The van der Waals surface area contributed by atoms with E-state index < -0.39 is 15.6 Å². The summed E-state index contributed by atoms with van der Waals surface area (Å²) in [4.78, 5) is 25.8. The number of rotatable bonds is 9. The van der Waals surface area contributed by atoms with Crippen molar-refractivity contribution in [2.75, 3.05) is 11.3 Å². The predicted molar refractivity (Wildman–Crippen MR) is 127 cm³/mol. The van der Waals surface area contributed by atoms with E-state index in [9.17, 15) is 13.2 Å². The van der Waals surface area contributed by atoms with Gasteiger partial charge in [0.25, 0.3) is 5.91 Å². The first-order chi connectivity index (χ1) is 15.7. The molecule has 4 rings (SSSR count). The van der Waals surface area contributed by atoms with Gasteiger partial charge in [-0.1, -0.05) is 12.1 Å². The van der Waals surface area contributed by atoms with E-state index in [1.807, 2.05) is 20.8 Å². The lowest BCUT2D eigenvalue weighted by atomic mass is 10.0. The van der Waals surface area contributed by atoms with Crippen LogP contribution in [-0.4, -0.2) is 41.1 Å². The van der Waals surface area contributed by atoms with E-state index in [1.54, 1.807) is 42.0 Å². The van der Waals surface area contributed by atoms with Gasteiger partial charge >= 0.3 is 0 Å². The number of nitrogens with zero attached hydrogens (tertiary/aromatic N) is 3. The van der Waals surface area contributed by atoms with Gasteiger partial charge in [0.15, 0.2) is 5.13 Å². The molecule has 174 valence electrons. The number of aromatic nitrogens is 3. The van der Waals surface area contributed by atoms with Gasteiger partial charge in [0, 0.05) is 16.5 Å². The Bertz CT molecular complexity index is 1250. The molecule has 0 saturated heterocycles. The van der Waals surface area contributed by atoms with Gasteiger partial charge in [0.1, 0.15) is 0 Å². The van der Waals surface area contributed by atoms with E-state index in [-0.39, 0.29) is 11.2 Å². The highest BCUT2D eigenvalue weighted by Crippen LogP contribution is 2.32. The maximum Gasteiger partial charge on any atom is 0.252 e. The first-order valence-corrected chi connectivity index (χ1v) is 13.0. The number of anilines is 1. The molecule has 9 nitrogen and oxygen atoms in total.